The summed E-state index contributed by atoms with van der Waals surface area (Å²) in [6.45, 7) is 2.20. The molecule has 0 aliphatic heterocycles. The number of rotatable bonds is 8. The molecule has 34 heavy (non-hydrogen) atoms. The minimum atomic E-state index is -0.423. The largest absolute Gasteiger partial charge is 0.325 e. The maximum atomic E-state index is 12.7. The Morgan fingerprint density at radius 1 is 1.09 bits per heavy atom. The molecule has 0 saturated carbocycles. The van der Waals surface area contributed by atoms with Crippen LogP contribution in [-0.2, 0) is 18.4 Å². The Kier molecular flexibility index (Phi) is 6.82. The number of para-hydroxylation sites is 1. The Bertz CT molecular complexity index is 1400. The van der Waals surface area contributed by atoms with Gasteiger partial charge in [0.05, 0.1) is 16.7 Å². The first kappa shape index (κ1) is 22.9. The van der Waals surface area contributed by atoms with Crippen LogP contribution in [0.2, 0.25) is 0 Å². The zero-order chi connectivity index (χ0) is 24.1. The highest BCUT2D eigenvalue weighted by Gasteiger charge is 2.12. The average Bonchev–Trinajstić information content (AvgIpc) is 3.26. The third-order valence-electron chi connectivity index (χ3n) is 4.81. The molecular weight excluding hydrogens is 458 g/mol. The number of thioether (sulfide) groups is 1. The summed E-state index contributed by atoms with van der Waals surface area (Å²) in [5.41, 5.74) is 6.53. The van der Waals surface area contributed by atoms with E-state index in [2.05, 4.69) is 36.7 Å². The van der Waals surface area contributed by atoms with E-state index >= 15 is 0 Å². The quantitative estimate of drug-likeness (QED) is 0.252. The van der Waals surface area contributed by atoms with Gasteiger partial charge in [0, 0.05) is 24.8 Å². The molecule has 2 aromatic heterocycles. The van der Waals surface area contributed by atoms with Gasteiger partial charge in [0.15, 0.2) is 0 Å². The molecule has 0 atom stereocenters. The molecule has 0 aliphatic carbocycles. The van der Waals surface area contributed by atoms with Gasteiger partial charge >= 0.3 is 0 Å². The molecule has 0 bridgehead atoms. The molecule has 2 heterocycles. The Balaban J connectivity index is 1.36. The lowest BCUT2D eigenvalue weighted by molar-refractivity contribution is -0.113. The van der Waals surface area contributed by atoms with E-state index in [0.717, 1.165) is 0 Å². The Morgan fingerprint density at radius 3 is 2.56 bits per heavy atom. The van der Waals surface area contributed by atoms with Crippen LogP contribution in [0.5, 0.6) is 0 Å². The van der Waals surface area contributed by atoms with Crippen molar-refractivity contribution in [2.24, 2.45) is 7.05 Å². The van der Waals surface area contributed by atoms with Gasteiger partial charge in [-0.2, -0.15) is 0 Å². The number of nitrogens with one attached hydrogen (secondary N) is 3. The highest BCUT2D eigenvalue weighted by Crippen LogP contribution is 2.15. The number of benzene rings is 2. The van der Waals surface area contributed by atoms with Gasteiger partial charge in [-0.1, -0.05) is 23.9 Å². The van der Waals surface area contributed by atoms with Gasteiger partial charge in [0.25, 0.3) is 11.5 Å². The minimum absolute atomic E-state index is 0.137. The first-order valence-corrected chi connectivity index (χ1v) is 11.3. The molecule has 0 aliphatic rings. The van der Waals surface area contributed by atoms with E-state index in [0.29, 0.717) is 33.9 Å². The van der Waals surface area contributed by atoms with Gasteiger partial charge in [-0.3, -0.25) is 29.8 Å². The molecule has 0 spiro atoms. The summed E-state index contributed by atoms with van der Waals surface area (Å²) in [5.74, 6) is -0.280. The number of amides is 2. The van der Waals surface area contributed by atoms with Crippen LogP contribution in [0.1, 0.15) is 17.3 Å². The number of fused-ring (bicyclic) bond motifs is 1. The number of carbonyl (C=O) groups excluding carboxylic acids is 2. The highest BCUT2D eigenvalue weighted by molar-refractivity contribution is 7.99. The van der Waals surface area contributed by atoms with Crippen molar-refractivity contribution in [3.8, 4) is 0 Å². The van der Waals surface area contributed by atoms with E-state index in [1.165, 1.54) is 21.0 Å². The fourth-order valence-electron chi connectivity index (χ4n) is 3.12. The first-order valence-electron chi connectivity index (χ1n) is 10.3. The van der Waals surface area contributed by atoms with Gasteiger partial charge in [-0.15, -0.1) is 5.10 Å². The Hall–Kier alpha value is -4.26. The van der Waals surface area contributed by atoms with Crippen LogP contribution in [0.25, 0.3) is 10.9 Å². The number of tetrazole rings is 1. The maximum Gasteiger partial charge on any atom is 0.269 e. The lowest BCUT2D eigenvalue weighted by atomic mass is 10.2. The molecule has 2 amide bonds. The number of aryl methyl sites for hydroxylation is 1. The molecule has 0 saturated heterocycles. The third-order valence-corrected chi connectivity index (χ3v) is 5.82. The fraction of sp³-hybridized carbons (Fsp3) is 0.190. The molecule has 4 rings (SSSR count). The summed E-state index contributed by atoms with van der Waals surface area (Å²) < 4.78 is 2.92. The second-order valence-corrected chi connectivity index (χ2v) is 8.02. The van der Waals surface area contributed by atoms with E-state index in [1.54, 1.807) is 55.6 Å². The van der Waals surface area contributed by atoms with E-state index in [1.807, 2.05) is 6.92 Å². The monoisotopic (exact) mass is 479 g/mol. The summed E-state index contributed by atoms with van der Waals surface area (Å²) in [7, 11) is 1.69. The average molecular weight is 480 g/mol. The van der Waals surface area contributed by atoms with E-state index < -0.39 is 5.91 Å². The van der Waals surface area contributed by atoms with Crippen molar-refractivity contribution in [1.82, 2.24) is 35.2 Å². The number of hydrogen-bond donors (Lipinski definition) is 3. The maximum absolute atomic E-state index is 12.7. The molecule has 4 aromatic rings. The van der Waals surface area contributed by atoms with Crippen molar-refractivity contribution in [2.75, 3.05) is 16.5 Å². The molecule has 2 aromatic carbocycles. The van der Waals surface area contributed by atoms with Crippen molar-refractivity contribution >= 4 is 46.1 Å². The van der Waals surface area contributed by atoms with Crippen molar-refractivity contribution in [1.29, 1.82) is 0 Å². The Morgan fingerprint density at radius 2 is 1.85 bits per heavy atom. The lowest BCUT2D eigenvalue weighted by Gasteiger charge is -2.14. The summed E-state index contributed by atoms with van der Waals surface area (Å²) in [4.78, 5) is 41.8. The number of carbonyl (C=O) groups is 2. The molecule has 3 N–H and O–H groups in total. The second kappa shape index (κ2) is 10.1. The van der Waals surface area contributed by atoms with E-state index in [4.69, 9.17) is 0 Å². The third kappa shape index (κ3) is 5.04. The fourth-order valence-corrected chi connectivity index (χ4v) is 3.77. The van der Waals surface area contributed by atoms with Gasteiger partial charge in [0.1, 0.15) is 0 Å². The van der Waals surface area contributed by atoms with Gasteiger partial charge in [0.2, 0.25) is 17.0 Å². The summed E-state index contributed by atoms with van der Waals surface area (Å²) >= 11 is 1.21. The molecule has 174 valence electrons. The van der Waals surface area contributed by atoms with Crippen LogP contribution in [0.3, 0.4) is 0 Å². The highest BCUT2D eigenvalue weighted by atomic mass is 32.2. The van der Waals surface area contributed by atoms with Crippen LogP contribution in [0.15, 0.2) is 58.5 Å². The summed E-state index contributed by atoms with van der Waals surface area (Å²) in [6, 6.07) is 13.4. The zero-order valence-corrected chi connectivity index (χ0v) is 19.2. The SMILES string of the molecule is CCn1c(NNC(=O)c2ccc(NC(=O)CSc3nnnn3C)cc2)nc2ccccc2c1=O. The van der Waals surface area contributed by atoms with E-state index in [9.17, 15) is 14.4 Å². The first-order chi connectivity index (χ1) is 16.5. The molecule has 12 nitrogen and oxygen atoms in total. The number of aromatic nitrogens is 6. The summed E-state index contributed by atoms with van der Waals surface area (Å²) in [6.07, 6.45) is 0. The topological polar surface area (TPSA) is 149 Å². The van der Waals surface area contributed by atoms with Crippen LogP contribution in [0.4, 0.5) is 11.6 Å². The minimum Gasteiger partial charge on any atom is -0.325 e. The van der Waals surface area contributed by atoms with Crippen molar-refractivity contribution in [3.05, 3.63) is 64.4 Å². The van der Waals surface area contributed by atoms with Crippen LogP contribution in [-0.4, -0.2) is 47.3 Å². The molecular formula is C21H21N9O3S. The van der Waals surface area contributed by atoms with Crippen LogP contribution in [0, 0.1) is 0 Å². The van der Waals surface area contributed by atoms with Gasteiger partial charge in [-0.05, 0) is 53.7 Å². The van der Waals surface area contributed by atoms with Crippen LogP contribution < -0.4 is 21.7 Å². The van der Waals surface area contributed by atoms with Crippen molar-refractivity contribution in [2.45, 2.75) is 18.6 Å². The number of anilines is 2. The molecule has 0 fully saturated rings. The molecule has 0 radical (unpaired) electrons. The number of hydrazine groups is 1. The van der Waals surface area contributed by atoms with Crippen LogP contribution >= 0.6 is 11.8 Å². The van der Waals surface area contributed by atoms with Crippen molar-refractivity contribution in [3.63, 3.8) is 0 Å². The van der Waals surface area contributed by atoms with Gasteiger partial charge in [-0.25, -0.2) is 9.67 Å². The smallest absolute Gasteiger partial charge is 0.269 e. The normalized spacial score (nSPS) is 10.8. The molecule has 0 unspecified atom stereocenters. The Labute approximate surface area is 197 Å². The van der Waals surface area contributed by atoms with Crippen molar-refractivity contribution < 1.29 is 9.59 Å². The molecule has 13 heteroatoms. The number of nitrogens with zero attached hydrogens (tertiary/aromatic N) is 6. The zero-order valence-electron chi connectivity index (χ0n) is 18.3. The summed E-state index contributed by atoms with van der Waals surface area (Å²) in [5, 5.41) is 14.8. The standard InChI is InChI=1S/C21H21N9O3S/c1-3-30-19(33)15-6-4-5-7-16(15)23-20(30)25-24-18(32)13-8-10-14(11-9-13)22-17(31)12-34-21-26-27-28-29(21)2/h4-11H,3,12H2,1-2H3,(H,22,31)(H,23,25)(H,24,32). The lowest BCUT2D eigenvalue weighted by Crippen LogP contribution is -2.34. The van der Waals surface area contributed by atoms with Gasteiger partial charge < -0.3 is 5.32 Å². The number of hydrogen-bond acceptors (Lipinski definition) is 9. The van der Waals surface area contributed by atoms with E-state index in [-0.39, 0.29) is 23.2 Å². The predicted octanol–water partition coefficient (Wildman–Crippen LogP) is 1.43. The predicted molar refractivity (Wildman–Crippen MR) is 127 cm³/mol. The second-order valence-electron chi connectivity index (χ2n) is 7.08.